The van der Waals surface area contributed by atoms with Crippen LogP contribution < -0.4 is 9.64 Å². The topological polar surface area (TPSA) is 84.8 Å². The Morgan fingerprint density at radius 2 is 1.79 bits per heavy atom. The highest BCUT2D eigenvalue weighted by Gasteiger charge is 2.61. The van der Waals surface area contributed by atoms with E-state index in [4.69, 9.17) is 12.6 Å². The number of hydrogen-bond donors (Lipinski definition) is 3. The fourth-order valence-electron chi connectivity index (χ4n) is 8.40. The molecule has 1 aromatic carbocycles. The number of benzene rings is 1. The molecule has 3 N–H and O–H groups in total. The monoisotopic (exact) mass is 578 g/mol. The molecular weight excluding hydrogens is 535 g/mol. The van der Waals surface area contributed by atoms with E-state index in [0.717, 1.165) is 66.9 Å². The maximum atomic E-state index is 12.2. The number of aliphatic hydroxyl groups is 2. The molecule has 1 saturated carbocycles. The number of fused-ring (bicyclic) bond motifs is 1. The molecule has 4 atom stereocenters. The number of allylic oxidation sites excluding steroid dienone is 3. The summed E-state index contributed by atoms with van der Waals surface area (Å²) in [4.78, 5) is 11.9. The molecule has 43 heavy (non-hydrogen) atoms. The zero-order valence-electron chi connectivity index (χ0n) is 25.5. The van der Waals surface area contributed by atoms with Gasteiger partial charge in [-0.15, -0.1) is 0 Å². The van der Waals surface area contributed by atoms with Gasteiger partial charge in [-0.2, -0.15) is 0 Å². The summed E-state index contributed by atoms with van der Waals surface area (Å²) in [5.74, 6) is 2.08. The van der Waals surface area contributed by atoms with Gasteiger partial charge in [0.25, 0.3) is 0 Å². The van der Waals surface area contributed by atoms with E-state index in [0.29, 0.717) is 18.8 Å². The highest BCUT2D eigenvalue weighted by molar-refractivity contribution is 6.14. The van der Waals surface area contributed by atoms with Crippen LogP contribution in [0.25, 0.3) is 11.0 Å². The molecule has 8 heteroatoms. The minimum Gasteiger partial charge on any atom is -0.455 e. The Morgan fingerprint density at radius 3 is 2.56 bits per heavy atom. The molecule has 4 unspecified atom stereocenters. The van der Waals surface area contributed by atoms with Gasteiger partial charge in [0.15, 0.2) is 0 Å². The summed E-state index contributed by atoms with van der Waals surface area (Å²) in [6.45, 7) is 8.41. The normalized spacial score (nSPS) is 30.9. The van der Waals surface area contributed by atoms with E-state index in [1.165, 1.54) is 5.69 Å². The summed E-state index contributed by atoms with van der Waals surface area (Å²) in [6, 6.07) is 10.6. The van der Waals surface area contributed by atoms with Crippen LogP contribution in [0.15, 0.2) is 67.0 Å². The van der Waals surface area contributed by atoms with Gasteiger partial charge in [0.1, 0.15) is 30.7 Å². The summed E-state index contributed by atoms with van der Waals surface area (Å²) in [7, 11) is 6.51. The Hall–Kier alpha value is -3.07. The van der Waals surface area contributed by atoms with E-state index in [-0.39, 0.29) is 23.3 Å². The van der Waals surface area contributed by atoms with E-state index in [9.17, 15) is 10.2 Å². The third-order valence-corrected chi connectivity index (χ3v) is 10.8. The van der Waals surface area contributed by atoms with Crippen LogP contribution in [0.2, 0.25) is 0 Å². The number of aromatic amines is 1. The lowest BCUT2D eigenvalue weighted by Gasteiger charge is -2.60. The highest BCUT2D eigenvalue weighted by Crippen LogP contribution is 2.57. The zero-order valence-corrected chi connectivity index (χ0v) is 25.5. The minimum absolute atomic E-state index is 0.0755. The van der Waals surface area contributed by atoms with E-state index in [1.807, 2.05) is 29.3 Å². The fraction of sp³-hybridized carbons (Fsp3) is 0.514. The molecule has 2 aromatic heterocycles. The smallest absolute Gasteiger partial charge is 0.146 e. The summed E-state index contributed by atoms with van der Waals surface area (Å²) < 4.78 is 6.30. The zero-order chi connectivity index (χ0) is 30.0. The Labute approximate surface area is 256 Å². The van der Waals surface area contributed by atoms with Gasteiger partial charge in [0, 0.05) is 48.4 Å². The predicted octanol–water partition coefficient (Wildman–Crippen LogP) is 6.03. The summed E-state index contributed by atoms with van der Waals surface area (Å²) >= 11 is 0. The molecule has 1 spiro atoms. The number of nitrogens with zero attached hydrogens (tertiary/aromatic N) is 3. The molecule has 0 amide bonds. The second-order valence-electron chi connectivity index (χ2n) is 13.9. The largest absolute Gasteiger partial charge is 0.455 e. The number of likely N-dealkylation sites (tertiary alicyclic amines) is 1. The van der Waals surface area contributed by atoms with Gasteiger partial charge in [-0.05, 0) is 86.5 Å². The molecule has 4 aliphatic rings. The fourth-order valence-corrected chi connectivity index (χ4v) is 8.40. The molecule has 2 aliphatic heterocycles. The Kier molecular flexibility index (Phi) is 7.03. The van der Waals surface area contributed by atoms with Crippen LogP contribution >= 0.6 is 0 Å². The molecule has 4 heterocycles. The number of hydrogen-bond acceptors (Lipinski definition) is 6. The standard InChI is InChI=1S/C35H43BN4O3/c1-23(2)29-6-4-5-7-30(29)34(41)11-12-35(36,42)40(34)27-20-33(21-27)13-16-39(17-14-33)26-9-8-24(3)31(19-26)43-28-18-25-10-15-37-32(25)38-22-28/h4-10,15,18-19,22-23,27,29-30,41-42H,11-14,16-17,20-21H2,1-3H3,(H,37,38). The lowest BCUT2D eigenvalue weighted by Crippen LogP contribution is -2.67. The molecule has 7 nitrogen and oxygen atoms in total. The van der Waals surface area contributed by atoms with Crippen molar-refractivity contribution < 1.29 is 14.9 Å². The van der Waals surface area contributed by atoms with Crippen LogP contribution in [0.3, 0.4) is 0 Å². The lowest BCUT2D eigenvalue weighted by molar-refractivity contribution is -0.225. The maximum absolute atomic E-state index is 12.2. The van der Waals surface area contributed by atoms with E-state index >= 15 is 0 Å². The number of aromatic nitrogens is 2. The molecule has 224 valence electrons. The number of anilines is 1. The van der Waals surface area contributed by atoms with Gasteiger partial charge >= 0.3 is 0 Å². The van der Waals surface area contributed by atoms with E-state index < -0.39 is 11.3 Å². The molecular formula is C35H43BN4O3. The summed E-state index contributed by atoms with van der Waals surface area (Å²) in [6.07, 6.45) is 17.0. The average Bonchev–Trinajstić information content (AvgIpc) is 3.54. The number of piperidine rings is 1. The van der Waals surface area contributed by atoms with Crippen LogP contribution in [0.1, 0.15) is 57.9 Å². The SMILES string of the molecule is [B]C1(O)CCC(O)(C2C=CC=CC2C(C)C)N1C1CC2(CCN(c3ccc(C)c(Oc4cnc5[nH]ccc5c4)c3)CC2)C1. The van der Waals surface area contributed by atoms with Crippen molar-refractivity contribution in [3.63, 3.8) is 0 Å². The maximum Gasteiger partial charge on any atom is 0.146 e. The predicted molar refractivity (Wildman–Crippen MR) is 171 cm³/mol. The second kappa shape index (κ2) is 10.5. The van der Waals surface area contributed by atoms with Crippen molar-refractivity contribution in [2.45, 2.75) is 76.7 Å². The third kappa shape index (κ3) is 5.01. The molecule has 2 saturated heterocycles. The van der Waals surface area contributed by atoms with Crippen LogP contribution in [0.4, 0.5) is 5.69 Å². The average molecular weight is 579 g/mol. The van der Waals surface area contributed by atoms with Gasteiger partial charge in [-0.1, -0.05) is 44.2 Å². The van der Waals surface area contributed by atoms with Gasteiger partial charge in [0.2, 0.25) is 0 Å². The molecule has 7 rings (SSSR count). The first-order valence-electron chi connectivity index (χ1n) is 15.9. The van der Waals surface area contributed by atoms with Crippen LogP contribution in [0, 0.1) is 30.1 Å². The quantitative estimate of drug-likeness (QED) is 0.310. The molecule has 2 radical (unpaired) electrons. The number of rotatable bonds is 6. The van der Waals surface area contributed by atoms with Crippen molar-refractivity contribution in [1.29, 1.82) is 0 Å². The van der Waals surface area contributed by atoms with Gasteiger partial charge in [0.05, 0.1) is 11.8 Å². The van der Waals surface area contributed by atoms with Crippen LogP contribution in [-0.2, 0) is 0 Å². The number of nitrogens with one attached hydrogen (secondary N) is 1. The van der Waals surface area contributed by atoms with Crippen LogP contribution in [0.5, 0.6) is 11.5 Å². The number of H-pyrrole nitrogens is 1. The summed E-state index contributed by atoms with van der Waals surface area (Å²) in [5, 5.41) is 24.6. The molecule has 3 fully saturated rings. The molecule has 0 bridgehead atoms. The third-order valence-electron chi connectivity index (χ3n) is 10.8. The van der Waals surface area contributed by atoms with Crippen LogP contribution in [-0.4, -0.2) is 63.4 Å². The van der Waals surface area contributed by atoms with E-state index in [2.05, 4.69) is 72.1 Å². The van der Waals surface area contributed by atoms with Crippen molar-refractivity contribution in [2.24, 2.45) is 23.2 Å². The molecule has 3 aromatic rings. The van der Waals surface area contributed by atoms with Crippen molar-refractivity contribution in [2.75, 3.05) is 18.0 Å². The van der Waals surface area contributed by atoms with Crippen molar-refractivity contribution in [3.8, 4) is 11.5 Å². The Morgan fingerprint density at radius 1 is 1.02 bits per heavy atom. The van der Waals surface area contributed by atoms with Crippen molar-refractivity contribution in [1.82, 2.24) is 14.9 Å². The van der Waals surface area contributed by atoms with Gasteiger partial charge in [-0.3, -0.25) is 4.90 Å². The first-order chi connectivity index (χ1) is 20.6. The lowest BCUT2D eigenvalue weighted by atomic mass is 9.59. The number of aryl methyl sites for hydroxylation is 1. The first kappa shape index (κ1) is 28.7. The Bertz CT molecular complexity index is 1550. The number of pyridine rings is 1. The number of ether oxygens (including phenoxy) is 1. The second-order valence-corrected chi connectivity index (χ2v) is 13.9. The minimum atomic E-state index is -1.49. The van der Waals surface area contributed by atoms with Gasteiger partial charge in [-0.25, -0.2) is 4.98 Å². The van der Waals surface area contributed by atoms with Crippen molar-refractivity contribution in [3.05, 3.63) is 72.6 Å². The molecule has 2 aliphatic carbocycles. The Balaban J connectivity index is 1.02. The first-order valence-corrected chi connectivity index (χ1v) is 15.9. The van der Waals surface area contributed by atoms with Crippen molar-refractivity contribution >= 4 is 24.6 Å². The van der Waals surface area contributed by atoms with E-state index in [1.54, 1.807) is 6.20 Å². The van der Waals surface area contributed by atoms with Gasteiger partial charge < -0.3 is 24.8 Å². The summed E-state index contributed by atoms with van der Waals surface area (Å²) in [5.41, 5.74) is 0.700. The highest BCUT2D eigenvalue weighted by atomic mass is 16.5.